The summed E-state index contributed by atoms with van der Waals surface area (Å²) in [7, 11) is 1.70. The third kappa shape index (κ3) is 2.60. The summed E-state index contributed by atoms with van der Waals surface area (Å²) in [5.41, 5.74) is 2.00. The van der Waals surface area contributed by atoms with E-state index in [-0.39, 0.29) is 12.5 Å². The van der Waals surface area contributed by atoms with Crippen LogP contribution in [0, 0.1) is 0 Å². The summed E-state index contributed by atoms with van der Waals surface area (Å²) >= 11 is 1.43. The average molecular weight is 261 g/mol. The fraction of sp³-hybridized carbons (Fsp3) is 0.214. The quantitative estimate of drug-likeness (QED) is 0.918. The Labute approximate surface area is 110 Å². The largest absolute Gasteiger partial charge is 0.395 e. The molecule has 1 N–H and O–H groups in total. The first-order chi connectivity index (χ1) is 8.74. The number of nitrogens with zero attached hydrogens (tertiary/aromatic N) is 1. The van der Waals surface area contributed by atoms with E-state index < -0.39 is 0 Å². The van der Waals surface area contributed by atoms with Crippen LogP contribution in [0.25, 0.3) is 11.1 Å². The van der Waals surface area contributed by atoms with Crippen LogP contribution in [0.1, 0.15) is 9.67 Å². The molecule has 18 heavy (non-hydrogen) atoms. The first-order valence-corrected chi connectivity index (χ1v) is 6.61. The van der Waals surface area contributed by atoms with Crippen molar-refractivity contribution in [2.75, 3.05) is 20.2 Å². The summed E-state index contributed by atoms with van der Waals surface area (Å²) in [6.45, 7) is 0.333. The summed E-state index contributed by atoms with van der Waals surface area (Å²) in [5, 5.41) is 10.8. The number of hydrogen-bond acceptors (Lipinski definition) is 3. The Balaban J connectivity index is 2.31. The molecule has 1 heterocycles. The Hall–Kier alpha value is -1.65. The Morgan fingerprint density at radius 1 is 1.28 bits per heavy atom. The van der Waals surface area contributed by atoms with Crippen LogP contribution in [0.15, 0.2) is 41.8 Å². The van der Waals surface area contributed by atoms with E-state index in [4.69, 9.17) is 5.11 Å². The van der Waals surface area contributed by atoms with Crippen molar-refractivity contribution < 1.29 is 9.90 Å². The van der Waals surface area contributed by atoms with Crippen molar-refractivity contribution in [3.05, 3.63) is 46.7 Å². The molecule has 0 bridgehead atoms. The molecular formula is C14H15NO2S. The van der Waals surface area contributed by atoms with Gasteiger partial charge in [-0.3, -0.25) is 4.79 Å². The summed E-state index contributed by atoms with van der Waals surface area (Å²) in [6, 6.07) is 11.8. The van der Waals surface area contributed by atoms with Gasteiger partial charge in [-0.15, -0.1) is 11.3 Å². The number of likely N-dealkylation sites (N-methyl/N-ethyl adjacent to an activating group) is 1. The number of carbonyl (C=O) groups is 1. The molecule has 94 valence electrons. The fourth-order valence-electron chi connectivity index (χ4n) is 1.74. The third-order valence-electron chi connectivity index (χ3n) is 2.73. The van der Waals surface area contributed by atoms with Crippen LogP contribution in [-0.2, 0) is 0 Å². The molecule has 0 spiro atoms. The highest BCUT2D eigenvalue weighted by atomic mass is 32.1. The van der Waals surface area contributed by atoms with Crippen molar-refractivity contribution in [1.29, 1.82) is 0 Å². The number of carbonyl (C=O) groups excluding carboxylic acids is 1. The zero-order valence-electron chi connectivity index (χ0n) is 10.2. The molecule has 1 aromatic heterocycles. The second-order valence-corrected chi connectivity index (χ2v) is 4.90. The lowest BCUT2D eigenvalue weighted by Gasteiger charge is -2.15. The van der Waals surface area contributed by atoms with E-state index in [1.165, 1.54) is 16.2 Å². The van der Waals surface area contributed by atoms with Crippen LogP contribution in [-0.4, -0.2) is 36.1 Å². The number of amides is 1. The number of benzene rings is 1. The Kier molecular flexibility index (Phi) is 4.12. The number of aliphatic hydroxyl groups excluding tert-OH is 1. The fourth-order valence-corrected chi connectivity index (χ4v) is 2.65. The van der Waals surface area contributed by atoms with Gasteiger partial charge in [-0.25, -0.2) is 0 Å². The maximum absolute atomic E-state index is 12.2. The van der Waals surface area contributed by atoms with E-state index >= 15 is 0 Å². The molecule has 1 amide bonds. The molecule has 2 rings (SSSR count). The molecule has 0 saturated carbocycles. The molecule has 0 atom stereocenters. The minimum atomic E-state index is -0.0436. The molecule has 0 saturated heterocycles. The highest BCUT2D eigenvalue weighted by Crippen LogP contribution is 2.28. The highest BCUT2D eigenvalue weighted by molar-refractivity contribution is 7.12. The maximum atomic E-state index is 12.2. The first-order valence-electron chi connectivity index (χ1n) is 5.73. The third-order valence-corrected chi connectivity index (χ3v) is 3.63. The first kappa shape index (κ1) is 12.8. The predicted molar refractivity (Wildman–Crippen MR) is 73.8 cm³/mol. The van der Waals surface area contributed by atoms with Crippen molar-refractivity contribution in [1.82, 2.24) is 4.90 Å². The predicted octanol–water partition coefficient (Wildman–Crippen LogP) is 2.48. The zero-order valence-corrected chi connectivity index (χ0v) is 11.0. The minimum absolute atomic E-state index is 0.0196. The topological polar surface area (TPSA) is 40.5 Å². The van der Waals surface area contributed by atoms with E-state index in [0.717, 1.165) is 16.0 Å². The molecule has 0 unspecified atom stereocenters. The van der Waals surface area contributed by atoms with Gasteiger partial charge in [0.1, 0.15) is 0 Å². The molecule has 3 nitrogen and oxygen atoms in total. The second kappa shape index (κ2) is 5.80. The lowest BCUT2D eigenvalue weighted by Crippen LogP contribution is -2.29. The monoisotopic (exact) mass is 261 g/mol. The highest BCUT2D eigenvalue weighted by Gasteiger charge is 2.17. The number of aliphatic hydroxyl groups is 1. The molecular weight excluding hydrogens is 246 g/mol. The van der Waals surface area contributed by atoms with E-state index in [1.54, 1.807) is 7.05 Å². The van der Waals surface area contributed by atoms with Gasteiger partial charge in [-0.1, -0.05) is 30.3 Å². The summed E-state index contributed by atoms with van der Waals surface area (Å²) in [4.78, 5) is 14.5. The van der Waals surface area contributed by atoms with Crippen LogP contribution in [0.4, 0.5) is 0 Å². The second-order valence-electron chi connectivity index (χ2n) is 3.98. The van der Waals surface area contributed by atoms with Crippen LogP contribution in [0.3, 0.4) is 0 Å². The van der Waals surface area contributed by atoms with Gasteiger partial charge >= 0.3 is 0 Å². The van der Waals surface area contributed by atoms with Crippen LogP contribution < -0.4 is 0 Å². The van der Waals surface area contributed by atoms with Gasteiger partial charge in [-0.05, 0) is 17.0 Å². The van der Waals surface area contributed by atoms with Crippen molar-refractivity contribution in [2.45, 2.75) is 0 Å². The molecule has 0 fully saturated rings. The molecule has 0 aliphatic rings. The molecule has 0 aliphatic heterocycles. The standard InChI is InChI=1S/C14H15NO2S/c1-15(8-9-16)14(17)13-12(7-10-18-13)11-5-3-2-4-6-11/h2-7,10,16H,8-9H2,1H3. The van der Waals surface area contributed by atoms with Crippen LogP contribution >= 0.6 is 11.3 Å². The summed E-state index contributed by atoms with van der Waals surface area (Å²) in [5.74, 6) is -0.0436. The van der Waals surface area contributed by atoms with Crippen molar-refractivity contribution >= 4 is 17.2 Å². The van der Waals surface area contributed by atoms with Crippen LogP contribution in [0.5, 0.6) is 0 Å². The average Bonchev–Trinajstić information content (AvgIpc) is 2.88. The van der Waals surface area contributed by atoms with Crippen molar-refractivity contribution in [2.24, 2.45) is 0 Å². The molecule has 0 radical (unpaired) electrons. The summed E-state index contributed by atoms with van der Waals surface area (Å²) < 4.78 is 0. The van der Waals surface area contributed by atoms with Gasteiger partial charge in [-0.2, -0.15) is 0 Å². The molecule has 0 aliphatic carbocycles. The molecule has 4 heteroatoms. The van der Waals surface area contributed by atoms with Crippen LogP contribution in [0.2, 0.25) is 0 Å². The number of thiophene rings is 1. The van der Waals surface area contributed by atoms with Crippen molar-refractivity contribution in [3.63, 3.8) is 0 Å². The Morgan fingerprint density at radius 2 is 2.00 bits per heavy atom. The summed E-state index contributed by atoms with van der Waals surface area (Å²) in [6.07, 6.45) is 0. The molecule has 2 aromatic rings. The lowest BCUT2D eigenvalue weighted by atomic mass is 10.1. The minimum Gasteiger partial charge on any atom is -0.395 e. The van der Waals surface area contributed by atoms with Gasteiger partial charge < -0.3 is 10.0 Å². The van der Waals surface area contributed by atoms with Crippen molar-refractivity contribution in [3.8, 4) is 11.1 Å². The van der Waals surface area contributed by atoms with E-state index in [9.17, 15) is 4.79 Å². The smallest absolute Gasteiger partial charge is 0.264 e. The van der Waals surface area contributed by atoms with Gasteiger partial charge in [0.2, 0.25) is 0 Å². The van der Waals surface area contributed by atoms with E-state index in [0.29, 0.717) is 6.54 Å². The van der Waals surface area contributed by atoms with Gasteiger partial charge in [0.05, 0.1) is 11.5 Å². The maximum Gasteiger partial charge on any atom is 0.264 e. The van der Waals surface area contributed by atoms with E-state index in [1.807, 2.05) is 41.8 Å². The zero-order chi connectivity index (χ0) is 13.0. The normalized spacial score (nSPS) is 10.3. The lowest BCUT2D eigenvalue weighted by molar-refractivity contribution is 0.0772. The Bertz CT molecular complexity index is 522. The number of hydrogen-bond donors (Lipinski definition) is 1. The number of rotatable bonds is 4. The molecule has 1 aromatic carbocycles. The van der Waals surface area contributed by atoms with Gasteiger partial charge in [0, 0.05) is 19.2 Å². The van der Waals surface area contributed by atoms with E-state index in [2.05, 4.69) is 0 Å². The van der Waals surface area contributed by atoms with Gasteiger partial charge in [0.15, 0.2) is 0 Å². The Morgan fingerprint density at radius 3 is 2.67 bits per heavy atom. The van der Waals surface area contributed by atoms with Gasteiger partial charge in [0.25, 0.3) is 5.91 Å². The SMILES string of the molecule is CN(CCO)C(=O)c1sccc1-c1ccccc1.